The van der Waals surface area contributed by atoms with Crippen LogP contribution in [-0.4, -0.2) is 36.2 Å². The van der Waals surface area contributed by atoms with Crippen LogP contribution in [0.1, 0.15) is 36.3 Å². The standard InChI is InChI=1S/C24H29NO3/c1-28-23-14-9-8-13-21(23)22-18-25(16-19-10-4-2-5-11-19)17-20(22)12-6-3-7-15-24(26)27/h2-6,8-11,13-14,20,22H,7,12,15-18H2,1H3,(H,26,27)/b6-3-/t20-,22+/m0/s1. The zero-order valence-electron chi connectivity index (χ0n) is 16.5. The van der Waals surface area contributed by atoms with E-state index in [4.69, 9.17) is 9.84 Å². The van der Waals surface area contributed by atoms with Crippen molar-refractivity contribution in [2.45, 2.75) is 31.7 Å². The Bertz CT molecular complexity index is 787. The molecule has 148 valence electrons. The molecule has 0 spiro atoms. The maximum Gasteiger partial charge on any atom is 0.303 e. The van der Waals surface area contributed by atoms with Crippen LogP contribution in [0.4, 0.5) is 0 Å². The quantitative estimate of drug-likeness (QED) is 0.641. The minimum Gasteiger partial charge on any atom is -0.496 e. The molecule has 1 saturated heterocycles. The molecule has 1 aliphatic rings. The van der Waals surface area contributed by atoms with E-state index < -0.39 is 5.97 Å². The molecule has 1 N–H and O–H groups in total. The van der Waals surface area contributed by atoms with Crippen LogP contribution in [0, 0.1) is 5.92 Å². The molecular formula is C24H29NO3. The van der Waals surface area contributed by atoms with Crippen LogP contribution < -0.4 is 4.74 Å². The Hall–Kier alpha value is -2.59. The van der Waals surface area contributed by atoms with E-state index in [-0.39, 0.29) is 6.42 Å². The highest BCUT2D eigenvalue weighted by atomic mass is 16.5. The summed E-state index contributed by atoms with van der Waals surface area (Å²) in [7, 11) is 1.73. The molecule has 2 aromatic carbocycles. The van der Waals surface area contributed by atoms with Gasteiger partial charge in [-0.2, -0.15) is 0 Å². The van der Waals surface area contributed by atoms with Crippen LogP contribution in [0.3, 0.4) is 0 Å². The lowest BCUT2D eigenvalue weighted by molar-refractivity contribution is -0.136. The van der Waals surface area contributed by atoms with Gasteiger partial charge in [0.15, 0.2) is 0 Å². The Labute approximate surface area is 167 Å². The number of allylic oxidation sites excluding steroid dienone is 2. The summed E-state index contributed by atoms with van der Waals surface area (Å²) in [6, 6.07) is 18.9. The van der Waals surface area contributed by atoms with Gasteiger partial charge in [0.25, 0.3) is 0 Å². The topological polar surface area (TPSA) is 49.8 Å². The third-order valence-corrected chi connectivity index (χ3v) is 5.43. The van der Waals surface area contributed by atoms with Gasteiger partial charge in [0, 0.05) is 32.0 Å². The van der Waals surface area contributed by atoms with Gasteiger partial charge < -0.3 is 9.84 Å². The fourth-order valence-electron chi connectivity index (χ4n) is 4.09. The van der Waals surface area contributed by atoms with Gasteiger partial charge in [-0.15, -0.1) is 0 Å². The molecule has 0 radical (unpaired) electrons. The first-order valence-electron chi connectivity index (χ1n) is 9.93. The van der Waals surface area contributed by atoms with E-state index in [2.05, 4.69) is 53.4 Å². The zero-order chi connectivity index (χ0) is 19.8. The van der Waals surface area contributed by atoms with Crippen LogP contribution in [0.5, 0.6) is 5.75 Å². The fourth-order valence-corrected chi connectivity index (χ4v) is 4.09. The summed E-state index contributed by atoms with van der Waals surface area (Å²) in [5.41, 5.74) is 2.60. The molecule has 4 nitrogen and oxygen atoms in total. The average Bonchev–Trinajstić information content (AvgIpc) is 3.10. The number of methoxy groups -OCH3 is 1. The summed E-state index contributed by atoms with van der Waals surface area (Å²) in [5, 5.41) is 8.79. The molecular weight excluding hydrogens is 350 g/mol. The van der Waals surface area contributed by atoms with Crippen LogP contribution in [0.15, 0.2) is 66.7 Å². The third kappa shape index (κ3) is 5.46. The number of hydrogen-bond donors (Lipinski definition) is 1. The molecule has 1 aliphatic heterocycles. The number of rotatable bonds is 9. The Kier molecular flexibility index (Phi) is 7.26. The number of nitrogens with zero attached hydrogens (tertiary/aromatic N) is 1. The number of likely N-dealkylation sites (tertiary alicyclic amines) is 1. The van der Waals surface area contributed by atoms with Crippen molar-refractivity contribution in [1.82, 2.24) is 4.90 Å². The second-order valence-electron chi connectivity index (χ2n) is 7.43. The largest absolute Gasteiger partial charge is 0.496 e. The highest BCUT2D eigenvalue weighted by Gasteiger charge is 2.34. The lowest BCUT2D eigenvalue weighted by Crippen LogP contribution is -2.20. The van der Waals surface area contributed by atoms with Crippen molar-refractivity contribution in [3.8, 4) is 5.75 Å². The molecule has 1 heterocycles. The number of para-hydroxylation sites is 1. The highest BCUT2D eigenvalue weighted by Crippen LogP contribution is 2.39. The normalized spacial score (nSPS) is 19.9. The monoisotopic (exact) mass is 379 g/mol. The molecule has 0 aromatic heterocycles. The van der Waals surface area contributed by atoms with Crippen LogP contribution in [0.25, 0.3) is 0 Å². The Balaban J connectivity index is 1.72. The second-order valence-corrected chi connectivity index (χ2v) is 7.43. The van der Waals surface area contributed by atoms with Gasteiger partial charge in [0.1, 0.15) is 5.75 Å². The molecule has 0 aliphatic carbocycles. The predicted octanol–water partition coefficient (Wildman–Crippen LogP) is 4.72. The van der Waals surface area contributed by atoms with Crippen molar-refractivity contribution in [1.29, 1.82) is 0 Å². The molecule has 0 bridgehead atoms. The van der Waals surface area contributed by atoms with Gasteiger partial charge in [-0.3, -0.25) is 9.69 Å². The van der Waals surface area contributed by atoms with Crippen molar-refractivity contribution < 1.29 is 14.6 Å². The smallest absolute Gasteiger partial charge is 0.303 e. The Morgan fingerprint density at radius 3 is 2.61 bits per heavy atom. The number of carbonyl (C=O) groups is 1. The van der Waals surface area contributed by atoms with Gasteiger partial charge in [0.2, 0.25) is 0 Å². The number of ether oxygens (including phenoxy) is 1. The predicted molar refractivity (Wildman–Crippen MR) is 112 cm³/mol. The van der Waals surface area contributed by atoms with Crippen LogP contribution in [0.2, 0.25) is 0 Å². The molecule has 28 heavy (non-hydrogen) atoms. The average molecular weight is 380 g/mol. The highest BCUT2D eigenvalue weighted by molar-refractivity contribution is 5.66. The lowest BCUT2D eigenvalue weighted by Gasteiger charge is -2.20. The van der Waals surface area contributed by atoms with Crippen LogP contribution in [-0.2, 0) is 11.3 Å². The summed E-state index contributed by atoms with van der Waals surface area (Å²) in [6.45, 7) is 2.98. The van der Waals surface area contributed by atoms with Crippen molar-refractivity contribution in [3.63, 3.8) is 0 Å². The number of carboxylic acid groups (broad SMARTS) is 1. The van der Waals surface area contributed by atoms with E-state index in [0.29, 0.717) is 18.3 Å². The van der Waals surface area contributed by atoms with Crippen molar-refractivity contribution in [3.05, 3.63) is 77.9 Å². The van der Waals surface area contributed by atoms with E-state index >= 15 is 0 Å². The summed E-state index contributed by atoms with van der Waals surface area (Å²) in [6.07, 6.45) is 5.90. The van der Waals surface area contributed by atoms with Crippen molar-refractivity contribution in [2.24, 2.45) is 5.92 Å². The van der Waals surface area contributed by atoms with E-state index in [9.17, 15) is 4.79 Å². The molecule has 0 amide bonds. The third-order valence-electron chi connectivity index (χ3n) is 5.43. The Morgan fingerprint density at radius 2 is 1.86 bits per heavy atom. The first kappa shape index (κ1) is 20.2. The number of hydrogen-bond acceptors (Lipinski definition) is 3. The maximum atomic E-state index is 10.7. The van der Waals surface area contributed by atoms with E-state index in [1.807, 2.05) is 18.2 Å². The van der Waals surface area contributed by atoms with Crippen LogP contribution >= 0.6 is 0 Å². The number of benzene rings is 2. The van der Waals surface area contributed by atoms with Gasteiger partial charge in [-0.05, 0) is 36.0 Å². The second kappa shape index (κ2) is 10.1. The minimum absolute atomic E-state index is 0.192. The van der Waals surface area contributed by atoms with Crippen molar-refractivity contribution in [2.75, 3.05) is 20.2 Å². The van der Waals surface area contributed by atoms with Gasteiger partial charge in [-0.1, -0.05) is 60.7 Å². The minimum atomic E-state index is -0.744. The maximum absolute atomic E-state index is 10.7. The van der Waals surface area contributed by atoms with E-state index in [1.165, 1.54) is 11.1 Å². The molecule has 4 heteroatoms. The summed E-state index contributed by atoms with van der Waals surface area (Å²) in [4.78, 5) is 13.2. The van der Waals surface area contributed by atoms with Gasteiger partial charge >= 0.3 is 5.97 Å². The summed E-state index contributed by atoms with van der Waals surface area (Å²) < 4.78 is 5.63. The molecule has 1 fully saturated rings. The fraction of sp³-hybridized carbons (Fsp3) is 0.375. The summed E-state index contributed by atoms with van der Waals surface area (Å²) >= 11 is 0. The number of carboxylic acids is 1. The molecule has 0 saturated carbocycles. The molecule has 2 aromatic rings. The Morgan fingerprint density at radius 1 is 1.11 bits per heavy atom. The van der Waals surface area contributed by atoms with Gasteiger partial charge in [0.05, 0.1) is 7.11 Å². The SMILES string of the molecule is COc1ccccc1[C@@H]1CN(Cc2ccccc2)C[C@@H]1C/C=C\CCC(=O)O. The van der Waals surface area contributed by atoms with E-state index in [0.717, 1.165) is 31.8 Å². The molecule has 3 rings (SSSR count). The summed E-state index contributed by atoms with van der Waals surface area (Å²) in [5.74, 6) is 1.10. The van der Waals surface area contributed by atoms with Crippen molar-refractivity contribution >= 4 is 5.97 Å². The molecule has 0 unspecified atom stereocenters. The lowest BCUT2D eigenvalue weighted by atomic mass is 9.86. The molecule has 2 atom stereocenters. The first-order valence-corrected chi connectivity index (χ1v) is 9.93. The van der Waals surface area contributed by atoms with E-state index in [1.54, 1.807) is 7.11 Å². The number of aliphatic carboxylic acids is 1. The zero-order valence-corrected chi connectivity index (χ0v) is 16.5. The first-order chi connectivity index (χ1) is 13.7. The van der Waals surface area contributed by atoms with Gasteiger partial charge in [-0.25, -0.2) is 0 Å².